The van der Waals surface area contributed by atoms with Crippen molar-refractivity contribution in [2.24, 2.45) is 5.92 Å². The number of hydrogen-bond donors (Lipinski definition) is 1. The highest BCUT2D eigenvalue weighted by molar-refractivity contribution is 6.30. The summed E-state index contributed by atoms with van der Waals surface area (Å²) in [6.45, 7) is 3.29. The summed E-state index contributed by atoms with van der Waals surface area (Å²) < 4.78 is 26.7. The zero-order chi connectivity index (χ0) is 25.5. The molecule has 0 spiro atoms. The highest BCUT2D eigenvalue weighted by Gasteiger charge is 2.48. The zero-order valence-corrected chi connectivity index (χ0v) is 22.2. The van der Waals surface area contributed by atoms with Crippen molar-refractivity contribution in [2.45, 2.75) is 31.1 Å². The fourth-order valence-corrected chi connectivity index (χ4v) is 5.96. The van der Waals surface area contributed by atoms with E-state index in [1.165, 1.54) is 12.1 Å². The van der Waals surface area contributed by atoms with Gasteiger partial charge in [0, 0.05) is 24.8 Å². The Morgan fingerprint density at radius 3 is 2.24 bits per heavy atom. The highest BCUT2D eigenvalue weighted by atomic mass is 35.5. The van der Waals surface area contributed by atoms with E-state index in [2.05, 4.69) is 5.16 Å². The number of piperidine rings is 3. The number of fused-ring (bicyclic) bond motifs is 3. The smallest absolute Gasteiger partial charge is 0.282 e. The van der Waals surface area contributed by atoms with Gasteiger partial charge in [-0.15, -0.1) is 0 Å². The summed E-state index contributed by atoms with van der Waals surface area (Å²) in [6.07, 6.45) is 2.00. The first-order valence-electron chi connectivity index (χ1n) is 12.6. The third-order valence-corrected chi connectivity index (χ3v) is 8.17. The first kappa shape index (κ1) is 26.6. The molecule has 7 rings (SSSR count). The van der Waals surface area contributed by atoms with E-state index in [0.29, 0.717) is 35.2 Å². The van der Waals surface area contributed by atoms with E-state index in [0.717, 1.165) is 37.0 Å². The number of rotatable bonds is 7. The predicted molar refractivity (Wildman–Crippen MR) is 136 cm³/mol. The molecule has 2 bridgehead atoms. The number of aliphatic hydroxyl groups is 1. The third kappa shape index (κ3) is 4.92. The van der Waals surface area contributed by atoms with Gasteiger partial charge in [0.1, 0.15) is 18.1 Å². The molecule has 0 radical (unpaired) electrons. The summed E-state index contributed by atoms with van der Waals surface area (Å²) in [7, 11) is 0. The monoisotopic (exact) mass is 555 g/mol. The second-order valence-corrected chi connectivity index (χ2v) is 10.6. The lowest BCUT2D eigenvalue weighted by Gasteiger charge is -2.51. The highest BCUT2D eigenvalue weighted by Crippen LogP contribution is 2.39. The van der Waals surface area contributed by atoms with Crippen LogP contribution in [0.1, 0.15) is 35.7 Å². The lowest BCUT2D eigenvalue weighted by atomic mass is 9.83. The van der Waals surface area contributed by atoms with Gasteiger partial charge >= 0.3 is 0 Å². The minimum Gasteiger partial charge on any atom is -1.00 e. The third-order valence-electron chi connectivity index (χ3n) is 7.87. The van der Waals surface area contributed by atoms with Crippen LogP contribution in [-0.2, 0) is 12.1 Å². The molecule has 3 aliphatic rings. The Labute approximate surface area is 232 Å². The molecule has 1 atom stereocenters. The summed E-state index contributed by atoms with van der Waals surface area (Å²) >= 11 is 5.84. The number of hydrogen-bond acceptors (Lipinski definition) is 5. The lowest BCUT2D eigenvalue weighted by Crippen LogP contribution is -3.00. The first-order valence-corrected chi connectivity index (χ1v) is 13.0. The molecular formula is C29H28Cl2FN3O3. The van der Waals surface area contributed by atoms with Crippen LogP contribution >= 0.6 is 11.6 Å². The molecule has 1 N–H and O–H groups in total. The fourth-order valence-electron chi connectivity index (χ4n) is 5.84. The quantitative estimate of drug-likeness (QED) is 0.354. The van der Waals surface area contributed by atoms with Crippen LogP contribution in [0, 0.1) is 11.7 Å². The van der Waals surface area contributed by atoms with Crippen molar-refractivity contribution in [1.29, 1.82) is 0 Å². The van der Waals surface area contributed by atoms with E-state index in [4.69, 9.17) is 25.8 Å². The van der Waals surface area contributed by atoms with Crippen LogP contribution in [0.2, 0.25) is 5.02 Å². The Morgan fingerprint density at radius 2 is 1.63 bits per heavy atom. The number of benzene rings is 3. The van der Waals surface area contributed by atoms with E-state index in [9.17, 15) is 9.50 Å². The Bertz CT molecular complexity index is 1340. The van der Waals surface area contributed by atoms with Crippen molar-refractivity contribution >= 4 is 11.6 Å². The SMILES string of the molecule is OC(c1ccccc1)(c1ccccc1)c1noc(C[N+]23CCC(CC2)[C@@H](Oc2ccc(Cl)c(F)c2)C3)n1.[Cl-]. The van der Waals surface area contributed by atoms with Gasteiger partial charge in [-0.05, 0) is 23.3 Å². The van der Waals surface area contributed by atoms with Gasteiger partial charge in [0.25, 0.3) is 5.89 Å². The second-order valence-electron chi connectivity index (χ2n) is 10.2. The number of halogens is 3. The molecule has 3 fully saturated rings. The van der Waals surface area contributed by atoms with Crippen molar-refractivity contribution in [2.75, 3.05) is 19.6 Å². The average molecular weight is 556 g/mol. The van der Waals surface area contributed by atoms with E-state index in [1.807, 2.05) is 60.7 Å². The van der Waals surface area contributed by atoms with Crippen LogP contribution in [0.3, 0.4) is 0 Å². The summed E-state index contributed by atoms with van der Waals surface area (Å²) in [5.41, 5.74) is -0.199. The Hall–Kier alpha value is -2.97. The van der Waals surface area contributed by atoms with Crippen LogP contribution in [0.5, 0.6) is 5.75 Å². The van der Waals surface area contributed by atoms with Gasteiger partial charge in [0.15, 0.2) is 18.2 Å². The minimum atomic E-state index is -1.54. The average Bonchev–Trinajstić information content (AvgIpc) is 3.40. The predicted octanol–water partition coefficient (Wildman–Crippen LogP) is 2.34. The van der Waals surface area contributed by atoms with E-state index < -0.39 is 11.4 Å². The molecule has 0 amide bonds. The zero-order valence-electron chi connectivity index (χ0n) is 20.6. The van der Waals surface area contributed by atoms with Gasteiger partial charge in [0.05, 0.1) is 18.1 Å². The number of ether oxygens (including phenoxy) is 1. The van der Waals surface area contributed by atoms with Gasteiger partial charge < -0.3 is 31.3 Å². The maximum atomic E-state index is 14.0. The Balaban J connectivity index is 0.00000294. The van der Waals surface area contributed by atoms with E-state index in [1.54, 1.807) is 6.07 Å². The lowest BCUT2D eigenvalue weighted by molar-refractivity contribution is -0.959. The standard InChI is InChI=1S/C29H28ClFN3O3.ClH/c30-24-12-11-23(17-25(24)31)36-26-18-34(15-13-20(26)14-16-34)19-27-32-28(33-37-27)29(35,21-7-3-1-4-8-21)22-9-5-2-6-10-22;/h1-12,17,20,26,35H,13-16,18-19H2;1H/q+1;/p-1/t20?,26-,34?;/m0./s1. The molecule has 198 valence electrons. The second kappa shape index (κ2) is 10.7. The maximum absolute atomic E-state index is 14.0. The normalized spacial score (nSPS) is 22.6. The molecule has 4 heterocycles. The van der Waals surface area contributed by atoms with Gasteiger partial charge in [-0.2, -0.15) is 4.98 Å². The molecule has 9 heteroatoms. The van der Waals surface area contributed by atoms with E-state index in [-0.39, 0.29) is 29.4 Å². The van der Waals surface area contributed by atoms with Crippen LogP contribution in [0.15, 0.2) is 83.4 Å². The van der Waals surface area contributed by atoms with Crippen LogP contribution in [0.4, 0.5) is 4.39 Å². The van der Waals surface area contributed by atoms with Crippen molar-refractivity contribution < 1.29 is 35.6 Å². The van der Waals surface area contributed by atoms with Crippen LogP contribution in [0.25, 0.3) is 0 Å². The van der Waals surface area contributed by atoms with Gasteiger partial charge in [0.2, 0.25) is 5.82 Å². The molecule has 6 nitrogen and oxygen atoms in total. The summed E-state index contributed by atoms with van der Waals surface area (Å²) in [5, 5.41) is 16.3. The van der Waals surface area contributed by atoms with Crippen molar-refractivity contribution in [1.82, 2.24) is 10.1 Å². The van der Waals surface area contributed by atoms with Crippen molar-refractivity contribution in [3.8, 4) is 5.75 Å². The number of aromatic nitrogens is 2. The molecule has 1 aromatic heterocycles. The maximum Gasteiger partial charge on any atom is 0.282 e. The molecule has 4 aromatic rings. The molecule has 0 saturated carbocycles. The molecule has 0 unspecified atom stereocenters. The van der Waals surface area contributed by atoms with Gasteiger partial charge in [-0.25, -0.2) is 4.39 Å². The largest absolute Gasteiger partial charge is 1.00 e. The molecule has 38 heavy (non-hydrogen) atoms. The van der Waals surface area contributed by atoms with Crippen LogP contribution < -0.4 is 17.1 Å². The molecule has 3 aliphatic heterocycles. The Kier molecular flexibility index (Phi) is 7.47. The summed E-state index contributed by atoms with van der Waals surface area (Å²) in [4.78, 5) is 4.72. The van der Waals surface area contributed by atoms with Gasteiger partial charge in [-0.1, -0.05) is 77.4 Å². The fraction of sp³-hybridized carbons (Fsp3) is 0.310. The van der Waals surface area contributed by atoms with Crippen molar-refractivity contribution in [3.05, 3.63) is 113 Å². The molecule has 0 aliphatic carbocycles. The molecule has 3 saturated heterocycles. The van der Waals surface area contributed by atoms with Crippen LogP contribution in [-0.4, -0.2) is 45.5 Å². The summed E-state index contributed by atoms with van der Waals surface area (Å²) in [6, 6.07) is 23.4. The topological polar surface area (TPSA) is 68.4 Å². The molecule has 3 aromatic carbocycles. The Morgan fingerprint density at radius 1 is 1.00 bits per heavy atom. The van der Waals surface area contributed by atoms with E-state index >= 15 is 0 Å². The summed E-state index contributed by atoms with van der Waals surface area (Å²) in [5.74, 6) is 1.14. The molecular weight excluding hydrogens is 528 g/mol. The van der Waals surface area contributed by atoms with Gasteiger partial charge in [-0.3, -0.25) is 0 Å². The minimum absolute atomic E-state index is 0. The number of quaternary nitrogens is 1. The number of nitrogens with zero attached hydrogens (tertiary/aromatic N) is 3. The van der Waals surface area contributed by atoms with Crippen molar-refractivity contribution in [3.63, 3.8) is 0 Å². The first-order chi connectivity index (χ1) is 18.0.